The molecule has 3 rings (SSSR count). The maximum absolute atomic E-state index is 12.5. The summed E-state index contributed by atoms with van der Waals surface area (Å²) in [6.45, 7) is 1.84. The van der Waals surface area contributed by atoms with Crippen molar-refractivity contribution >= 4 is 11.6 Å². The van der Waals surface area contributed by atoms with Crippen LogP contribution in [0, 0.1) is 6.92 Å². The topological polar surface area (TPSA) is 81.9 Å². The van der Waals surface area contributed by atoms with Gasteiger partial charge in [-0.05, 0) is 42.8 Å². The van der Waals surface area contributed by atoms with E-state index in [-0.39, 0.29) is 23.1 Å². The van der Waals surface area contributed by atoms with Crippen molar-refractivity contribution in [3.63, 3.8) is 0 Å². The average Bonchev–Trinajstić information content (AvgIpc) is 2.64. The summed E-state index contributed by atoms with van der Waals surface area (Å²) in [6.07, 6.45) is 0. The molecule has 0 radical (unpaired) electrons. The summed E-state index contributed by atoms with van der Waals surface area (Å²) in [4.78, 5) is 12.5. The monoisotopic (exact) mass is 346 g/mol. The number of amides is 1. The number of aromatic hydroxyl groups is 2. The lowest BCUT2D eigenvalue weighted by Crippen LogP contribution is -2.21. The second kappa shape index (κ2) is 7.53. The number of phenols is 2. The SMILES string of the molecule is Cc1ccccc1C(=O)NN=C(c1ccccc1O)c1ccccc1O. The van der Waals surface area contributed by atoms with Gasteiger partial charge < -0.3 is 10.2 Å². The van der Waals surface area contributed by atoms with E-state index in [1.165, 1.54) is 12.1 Å². The Kier molecular flexibility index (Phi) is 4.99. The fraction of sp³-hybridized carbons (Fsp3) is 0.0476. The van der Waals surface area contributed by atoms with E-state index in [4.69, 9.17) is 0 Å². The molecule has 26 heavy (non-hydrogen) atoms. The Bertz CT molecular complexity index is 933. The fourth-order valence-electron chi connectivity index (χ4n) is 2.61. The van der Waals surface area contributed by atoms with Crippen molar-refractivity contribution in [3.05, 3.63) is 95.1 Å². The van der Waals surface area contributed by atoms with Crippen LogP contribution in [0.25, 0.3) is 0 Å². The molecule has 0 aliphatic carbocycles. The normalized spacial score (nSPS) is 10.2. The number of hydrazone groups is 1. The number of para-hydroxylation sites is 2. The van der Waals surface area contributed by atoms with Gasteiger partial charge in [-0.1, -0.05) is 42.5 Å². The molecule has 0 unspecified atom stereocenters. The molecular formula is C21H18N2O3. The van der Waals surface area contributed by atoms with Crippen molar-refractivity contribution in [1.82, 2.24) is 5.43 Å². The predicted octanol–water partition coefficient (Wildman–Crippen LogP) is 3.59. The molecule has 0 heterocycles. The summed E-state index contributed by atoms with van der Waals surface area (Å²) in [5.74, 6) is -0.370. The van der Waals surface area contributed by atoms with Crippen LogP contribution in [-0.4, -0.2) is 21.8 Å². The zero-order chi connectivity index (χ0) is 18.5. The van der Waals surface area contributed by atoms with Gasteiger partial charge in [0.05, 0.1) is 0 Å². The number of benzene rings is 3. The van der Waals surface area contributed by atoms with Crippen molar-refractivity contribution < 1.29 is 15.0 Å². The Hall–Kier alpha value is -3.60. The molecule has 3 aromatic rings. The number of nitrogens with one attached hydrogen (secondary N) is 1. The van der Waals surface area contributed by atoms with Crippen molar-refractivity contribution in [2.24, 2.45) is 5.10 Å². The van der Waals surface area contributed by atoms with Crippen LogP contribution in [0.2, 0.25) is 0 Å². The van der Waals surface area contributed by atoms with Crippen LogP contribution >= 0.6 is 0 Å². The van der Waals surface area contributed by atoms with Crippen molar-refractivity contribution in [3.8, 4) is 11.5 Å². The Balaban J connectivity index is 2.03. The van der Waals surface area contributed by atoms with Gasteiger partial charge >= 0.3 is 0 Å². The molecule has 0 aliphatic rings. The number of carbonyl (C=O) groups is 1. The molecule has 5 nitrogen and oxygen atoms in total. The van der Waals surface area contributed by atoms with Crippen molar-refractivity contribution in [2.75, 3.05) is 0 Å². The van der Waals surface area contributed by atoms with Gasteiger partial charge in [0, 0.05) is 16.7 Å². The van der Waals surface area contributed by atoms with E-state index < -0.39 is 0 Å². The largest absolute Gasteiger partial charge is 0.507 e. The Morgan fingerprint density at radius 1 is 0.769 bits per heavy atom. The second-order valence-corrected chi connectivity index (χ2v) is 5.75. The van der Waals surface area contributed by atoms with Crippen LogP contribution in [0.3, 0.4) is 0 Å². The zero-order valence-corrected chi connectivity index (χ0v) is 14.2. The number of nitrogens with zero attached hydrogens (tertiary/aromatic N) is 1. The van der Waals surface area contributed by atoms with E-state index in [1.807, 2.05) is 19.1 Å². The Labute approximate surface area is 151 Å². The maximum Gasteiger partial charge on any atom is 0.271 e. The van der Waals surface area contributed by atoms with Crippen LogP contribution in [0.4, 0.5) is 0 Å². The molecule has 0 atom stereocenters. The molecular weight excluding hydrogens is 328 g/mol. The van der Waals surface area contributed by atoms with Crippen molar-refractivity contribution in [1.29, 1.82) is 0 Å². The highest BCUT2D eigenvalue weighted by Crippen LogP contribution is 2.25. The molecule has 3 N–H and O–H groups in total. The van der Waals surface area contributed by atoms with E-state index in [2.05, 4.69) is 10.5 Å². The number of carbonyl (C=O) groups excluding carboxylic acids is 1. The molecule has 0 aromatic heterocycles. The third-order valence-electron chi connectivity index (χ3n) is 3.98. The number of rotatable bonds is 4. The smallest absolute Gasteiger partial charge is 0.271 e. The molecule has 0 saturated carbocycles. The summed E-state index contributed by atoms with van der Waals surface area (Å²) in [6, 6.07) is 20.4. The minimum absolute atomic E-state index is 0.000330. The van der Waals surface area contributed by atoms with Gasteiger partial charge in [0.1, 0.15) is 17.2 Å². The first kappa shape index (κ1) is 17.2. The fourth-order valence-corrected chi connectivity index (χ4v) is 2.61. The number of phenolic OH excluding ortho intramolecular Hbond substituents is 2. The third kappa shape index (κ3) is 3.57. The highest BCUT2D eigenvalue weighted by molar-refractivity contribution is 6.16. The highest BCUT2D eigenvalue weighted by atomic mass is 16.3. The summed E-state index contributed by atoms with van der Waals surface area (Å²) >= 11 is 0. The molecule has 5 heteroatoms. The molecule has 0 fully saturated rings. The van der Waals surface area contributed by atoms with Gasteiger partial charge in [0.2, 0.25) is 0 Å². The van der Waals surface area contributed by atoms with Gasteiger partial charge in [0.15, 0.2) is 0 Å². The third-order valence-corrected chi connectivity index (χ3v) is 3.98. The van der Waals surface area contributed by atoms with E-state index in [0.29, 0.717) is 16.7 Å². The second-order valence-electron chi connectivity index (χ2n) is 5.75. The summed E-state index contributed by atoms with van der Waals surface area (Å²) in [5.41, 5.74) is 4.92. The standard InChI is InChI=1S/C21H18N2O3/c1-14-8-2-3-9-15(14)21(26)23-22-20(16-10-4-6-12-18(16)24)17-11-5-7-13-19(17)25/h2-13,24-25H,1H3,(H,23,26). The van der Waals surface area contributed by atoms with Crippen molar-refractivity contribution in [2.45, 2.75) is 6.92 Å². The molecule has 0 saturated heterocycles. The summed E-state index contributed by atoms with van der Waals surface area (Å²) < 4.78 is 0. The van der Waals surface area contributed by atoms with Gasteiger partial charge in [-0.15, -0.1) is 0 Å². The molecule has 1 amide bonds. The van der Waals surface area contributed by atoms with Gasteiger partial charge in [-0.3, -0.25) is 4.79 Å². The predicted molar refractivity (Wildman–Crippen MR) is 100 cm³/mol. The van der Waals surface area contributed by atoms with Crippen LogP contribution < -0.4 is 5.43 Å². The molecule has 130 valence electrons. The lowest BCUT2D eigenvalue weighted by molar-refractivity contribution is 0.0954. The van der Waals surface area contributed by atoms with E-state index in [0.717, 1.165) is 5.56 Å². The minimum Gasteiger partial charge on any atom is -0.507 e. The van der Waals surface area contributed by atoms with Gasteiger partial charge in [-0.2, -0.15) is 5.10 Å². The minimum atomic E-state index is -0.369. The summed E-state index contributed by atoms with van der Waals surface area (Å²) in [7, 11) is 0. The Morgan fingerprint density at radius 2 is 1.23 bits per heavy atom. The Morgan fingerprint density at radius 3 is 1.73 bits per heavy atom. The zero-order valence-electron chi connectivity index (χ0n) is 14.2. The highest BCUT2D eigenvalue weighted by Gasteiger charge is 2.16. The molecule has 3 aromatic carbocycles. The molecule has 0 spiro atoms. The molecule has 0 bridgehead atoms. The van der Waals surface area contributed by atoms with Crippen LogP contribution in [0.5, 0.6) is 11.5 Å². The maximum atomic E-state index is 12.5. The van der Waals surface area contributed by atoms with Crippen LogP contribution in [0.15, 0.2) is 77.9 Å². The first-order valence-corrected chi connectivity index (χ1v) is 8.08. The van der Waals surface area contributed by atoms with Gasteiger partial charge in [0.25, 0.3) is 5.91 Å². The van der Waals surface area contributed by atoms with E-state index >= 15 is 0 Å². The first-order chi connectivity index (χ1) is 12.6. The van der Waals surface area contributed by atoms with Crippen LogP contribution in [0.1, 0.15) is 27.0 Å². The lowest BCUT2D eigenvalue weighted by Gasteiger charge is -2.11. The van der Waals surface area contributed by atoms with Crippen LogP contribution in [-0.2, 0) is 0 Å². The lowest BCUT2D eigenvalue weighted by atomic mass is 10.0. The molecule has 0 aliphatic heterocycles. The summed E-state index contributed by atoms with van der Waals surface area (Å²) in [5, 5.41) is 24.6. The number of aryl methyl sites for hydroxylation is 1. The first-order valence-electron chi connectivity index (χ1n) is 8.08. The quantitative estimate of drug-likeness (QED) is 0.499. The van der Waals surface area contributed by atoms with Gasteiger partial charge in [-0.25, -0.2) is 5.43 Å². The number of hydrogen-bond acceptors (Lipinski definition) is 4. The van der Waals surface area contributed by atoms with E-state index in [9.17, 15) is 15.0 Å². The average molecular weight is 346 g/mol. The number of hydrogen-bond donors (Lipinski definition) is 3. The van der Waals surface area contributed by atoms with E-state index in [1.54, 1.807) is 48.5 Å².